The zero-order chi connectivity index (χ0) is 19.7. The Labute approximate surface area is 156 Å². The Morgan fingerprint density at radius 3 is 2.74 bits per heavy atom. The molecule has 1 fully saturated rings. The van der Waals surface area contributed by atoms with Gasteiger partial charge in [-0.25, -0.2) is 4.79 Å². The average Bonchev–Trinajstić information content (AvgIpc) is 2.97. The van der Waals surface area contributed by atoms with Crippen molar-refractivity contribution in [1.82, 2.24) is 4.90 Å². The zero-order valence-corrected chi connectivity index (χ0v) is 15.8. The minimum atomic E-state index is -3.85. The highest BCUT2D eigenvalue weighted by molar-refractivity contribution is 7.61. The SMILES string of the molecule is NCCCC[C@@]1(C(=O)O)CN(Cc2ccc3c(c2)=NC(=O)N=3)CCP1(=O)O. The van der Waals surface area contributed by atoms with Crippen LogP contribution in [0.25, 0.3) is 0 Å². The van der Waals surface area contributed by atoms with Crippen LogP contribution in [0.2, 0.25) is 0 Å². The molecule has 0 bridgehead atoms. The van der Waals surface area contributed by atoms with Crippen LogP contribution >= 0.6 is 7.37 Å². The van der Waals surface area contributed by atoms with Crippen LogP contribution in [0.15, 0.2) is 28.2 Å². The Kier molecular flexibility index (Phi) is 5.58. The fourth-order valence-corrected chi connectivity index (χ4v) is 5.88. The molecule has 1 saturated heterocycles. The van der Waals surface area contributed by atoms with E-state index in [0.29, 0.717) is 43.2 Å². The van der Waals surface area contributed by atoms with Crippen molar-refractivity contribution >= 4 is 19.4 Å². The number of urea groups is 1. The first kappa shape index (κ1) is 19.8. The van der Waals surface area contributed by atoms with Gasteiger partial charge in [-0.1, -0.05) is 12.5 Å². The molecule has 0 aliphatic carbocycles. The second-order valence-electron chi connectivity index (χ2n) is 7.05. The lowest BCUT2D eigenvalue weighted by atomic mass is 9.99. The van der Waals surface area contributed by atoms with Gasteiger partial charge in [-0.2, -0.15) is 9.98 Å². The van der Waals surface area contributed by atoms with Gasteiger partial charge in [0, 0.05) is 25.8 Å². The Bertz CT molecular complexity index is 934. The van der Waals surface area contributed by atoms with Gasteiger partial charge in [0.25, 0.3) is 0 Å². The van der Waals surface area contributed by atoms with Gasteiger partial charge >= 0.3 is 12.0 Å². The molecule has 0 aromatic heterocycles. The van der Waals surface area contributed by atoms with Gasteiger partial charge in [-0.05, 0) is 37.1 Å². The van der Waals surface area contributed by atoms with E-state index in [2.05, 4.69) is 9.98 Å². The smallest absolute Gasteiger partial charge is 0.368 e. The summed E-state index contributed by atoms with van der Waals surface area (Å²) in [7, 11) is -3.85. The van der Waals surface area contributed by atoms with Crippen molar-refractivity contribution < 1.29 is 24.2 Å². The molecule has 1 aromatic rings. The summed E-state index contributed by atoms with van der Waals surface area (Å²) in [4.78, 5) is 43.2. The van der Waals surface area contributed by atoms with E-state index in [-0.39, 0.29) is 19.1 Å². The molecule has 0 spiro atoms. The molecule has 146 valence electrons. The first-order chi connectivity index (χ1) is 12.8. The molecular weight excluding hydrogens is 371 g/mol. The van der Waals surface area contributed by atoms with Gasteiger partial charge in [0.05, 0.1) is 10.7 Å². The van der Waals surface area contributed by atoms with Crippen molar-refractivity contribution in [3.05, 3.63) is 34.5 Å². The predicted octanol–water partition coefficient (Wildman–Crippen LogP) is 0.0978. The molecule has 10 heteroatoms. The third-order valence-electron chi connectivity index (χ3n) is 5.19. The molecule has 2 aliphatic rings. The molecule has 2 aliphatic heterocycles. The van der Waals surface area contributed by atoms with Gasteiger partial charge in [0.1, 0.15) is 0 Å². The Hall–Kier alpha value is -1.93. The molecule has 2 amide bonds. The van der Waals surface area contributed by atoms with Crippen LogP contribution < -0.4 is 16.4 Å². The standard InChI is InChI=1S/C17H23N4O5P/c18-6-2-1-5-17(15(22)23)11-21(7-8-27(17,25)26)10-12-3-4-13-14(9-12)20-16(24)19-13/h3-4,9H,1-2,5-8,10-11,18H2,(H,22,23)(H,25,26)/t17-/m0/s1. The molecule has 1 unspecified atom stereocenters. The average molecular weight is 394 g/mol. The maximum atomic E-state index is 12.8. The number of carboxylic acid groups (broad SMARTS) is 1. The van der Waals surface area contributed by atoms with Gasteiger partial charge < -0.3 is 15.7 Å². The fraction of sp³-hybridized carbons (Fsp3) is 0.529. The third kappa shape index (κ3) is 3.87. The van der Waals surface area contributed by atoms with Crippen LogP contribution in [0.1, 0.15) is 24.8 Å². The number of aliphatic carboxylic acids is 1. The van der Waals surface area contributed by atoms with E-state index >= 15 is 0 Å². The van der Waals surface area contributed by atoms with Crippen molar-refractivity contribution in [2.45, 2.75) is 31.0 Å². The minimum absolute atomic E-state index is 0.00177. The number of carbonyl (C=O) groups excluding carboxylic acids is 1. The van der Waals surface area contributed by atoms with E-state index in [9.17, 15) is 24.2 Å². The summed E-state index contributed by atoms with van der Waals surface area (Å²) >= 11 is 0. The van der Waals surface area contributed by atoms with Crippen molar-refractivity contribution in [3.8, 4) is 0 Å². The number of nitrogens with zero attached hydrogens (tertiary/aromatic N) is 3. The van der Waals surface area contributed by atoms with E-state index in [0.717, 1.165) is 5.56 Å². The van der Waals surface area contributed by atoms with Crippen LogP contribution in [0.5, 0.6) is 0 Å². The largest absolute Gasteiger partial charge is 0.480 e. The van der Waals surface area contributed by atoms with Crippen LogP contribution in [0, 0.1) is 0 Å². The Balaban J connectivity index is 1.82. The zero-order valence-electron chi connectivity index (χ0n) is 14.9. The van der Waals surface area contributed by atoms with Crippen LogP contribution in [0.3, 0.4) is 0 Å². The number of benzene rings is 1. The van der Waals surface area contributed by atoms with Crippen LogP contribution in [-0.4, -0.2) is 57.9 Å². The van der Waals surface area contributed by atoms with E-state index in [1.54, 1.807) is 18.2 Å². The van der Waals surface area contributed by atoms with E-state index in [1.807, 2.05) is 4.90 Å². The summed E-state index contributed by atoms with van der Waals surface area (Å²) in [6.07, 6.45) is 1.16. The number of carbonyl (C=O) groups is 2. The highest BCUT2D eigenvalue weighted by Crippen LogP contribution is 2.59. The molecule has 1 aromatic carbocycles. The Morgan fingerprint density at radius 1 is 1.30 bits per heavy atom. The topological polar surface area (TPSA) is 146 Å². The maximum Gasteiger partial charge on any atom is 0.368 e. The number of nitrogens with two attached hydrogens (primary N) is 1. The second-order valence-corrected chi connectivity index (χ2v) is 9.75. The Morgan fingerprint density at radius 2 is 2.04 bits per heavy atom. The second kappa shape index (κ2) is 7.59. The van der Waals surface area contributed by atoms with Crippen LogP contribution in [-0.2, 0) is 15.9 Å². The van der Waals surface area contributed by atoms with E-state index in [1.165, 1.54) is 0 Å². The normalized spacial score (nSPS) is 27.7. The summed E-state index contributed by atoms with van der Waals surface area (Å²) in [5.41, 5.74) is 6.33. The third-order valence-corrected chi connectivity index (χ3v) is 7.89. The van der Waals surface area contributed by atoms with Crippen molar-refractivity contribution in [2.24, 2.45) is 15.7 Å². The first-order valence-corrected chi connectivity index (χ1v) is 10.7. The predicted molar refractivity (Wildman–Crippen MR) is 97.4 cm³/mol. The summed E-state index contributed by atoms with van der Waals surface area (Å²) < 4.78 is 12.8. The molecule has 27 heavy (non-hydrogen) atoms. The van der Waals surface area contributed by atoms with E-state index < -0.39 is 24.5 Å². The van der Waals surface area contributed by atoms with Gasteiger partial charge in [-0.15, -0.1) is 0 Å². The van der Waals surface area contributed by atoms with Gasteiger partial charge in [-0.3, -0.25) is 14.3 Å². The van der Waals surface area contributed by atoms with Gasteiger partial charge in [0.2, 0.25) is 7.37 Å². The number of amides is 2. The fourth-order valence-electron chi connectivity index (χ4n) is 3.67. The van der Waals surface area contributed by atoms with Crippen LogP contribution in [0.4, 0.5) is 4.79 Å². The lowest BCUT2D eigenvalue weighted by molar-refractivity contribution is -0.141. The lowest BCUT2D eigenvalue weighted by Crippen LogP contribution is -2.54. The van der Waals surface area contributed by atoms with Crippen molar-refractivity contribution in [2.75, 3.05) is 25.8 Å². The molecule has 2 atom stereocenters. The highest BCUT2D eigenvalue weighted by Gasteiger charge is 2.56. The number of hydrogen-bond acceptors (Lipinski definition) is 5. The summed E-state index contributed by atoms with van der Waals surface area (Å²) in [6.45, 7) is 1.15. The van der Waals surface area contributed by atoms with Gasteiger partial charge in [0.15, 0.2) is 5.16 Å². The molecule has 3 rings (SSSR count). The quantitative estimate of drug-likeness (QED) is 0.439. The maximum absolute atomic E-state index is 12.8. The monoisotopic (exact) mass is 394 g/mol. The number of carboxylic acids is 1. The number of rotatable bonds is 7. The molecule has 4 N–H and O–H groups in total. The first-order valence-electron chi connectivity index (χ1n) is 8.85. The van der Waals surface area contributed by atoms with Crippen molar-refractivity contribution in [1.29, 1.82) is 0 Å². The number of fused-ring (bicyclic) bond motifs is 1. The van der Waals surface area contributed by atoms with Crippen molar-refractivity contribution in [3.63, 3.8) is 0 Å². The molecule has 2 heterocycles. The highest BCUT2D eigenvalue weighted by atomic mass is 31.2. The molecule has 0 saturated carbocycles. The molecule has 9 nitrogen and oxygen atoms in total. The lowest BCUT2D eigenvalue weighted by Gasteiger charge is -2.43. The summed E-state index contributed by atoms with van der Waals surface area (Å²) in [5, 5.41) is 9.15. The van der Waals surface area contributed by atoms with E-state index in [4.69, 9.17) is 5.73 Å². The molecular formula is C17H23N4O5P. The minimum Gasteiger partial charge on any atom is -0.480 e. The summed E-state index contributed by atoms with van der Waals surface area (Å²) in [6, 6.07) is 4.71. The number of hydrogen-bond donors (Lipinski definition) is 3. The summed E-state index contributed by atoms with van der Waals surface area (Å²) in [5.74, 6) is -1.23. The number of unbranched alkanes of at least 4 members (excludes halogenated alkanes) is 1. The molecule has 0 radical (unpaired) electrons.